The summed E-state index contributed by atoms with van der Waals surface area (Å²) in [7, 11) is -1.87. The Morgan fingerprint density at radius 2 is 1.55 bits per heavy atom. The molecule has 0 atom stereocenters. The summed E-state index contributed by atoms with van der Waals surface area (Å²) in [5, 5.41) is 8.63. The zero-order valence-corrected chi connectivity index (χ0v) is 6.74. The van der Waals surface area contributed by atoms with Crippen molar-refractivity contribution in [3.63, 3.8) is 0 Å². The van der Waals surface area contributed by atoms with E-state index in [9.17, 15) is 0 Å². The number of para-hydroxylation sites is 1. The van der Waals surface area contributed by atoms with Gasteiger partial charge in [-0.05, 0) is 16.7 Å². The van der Waals surface area contributed by atoms with Crippen molar-refractivity contribution in [3.05, 3.63) is 30.3 Å². The molecule has 60 valence electrons. The van der Waals surface area contributed by atoms with Crippen LogP contribution in [0.5, 0.6) is 5.75 Å². The number of phenolic OH excluding ortho intramolecular Hbond substituents is 1. The monoisotopic (exact) mass is 173 g/mol. The summed E-state index contributed by atoms with van der Waals surface area (Å²) >= 11 is 0. The van der Waals surface area contributed by atoms with Gasteiger partial charge in [-0.2, -0.15) is 0 Å². The van der Waals surface area contributed by atoms with Crippen LogP contribution in [0, 0.1) is 0 Å². The highest BCUT2D eigenvalue weighted by Gasteiger charge is 1.83. The van der Waals surface area contributed by atoms with E-state index < -0.39 is 8.10 Å². The minimum Gasteiger partial charge on any atom is -0.508 e. The molecule has 0 amide bonds. The molecule has 4 nitrogen and oxygen atoms in total. The molecule has 0 spiro atoms. The van der Waals surface area contributed by atoms with Gasteiger partial charge in [-0.25, -0.2) is 0 Å². The molecule has 0 saturated heterocycles. The Kier molecular flexibility index (Phi) is 5.29. The average Bonchev–Trinajstić information content (AvgIpc) is 1.87. The maximum absolute atomic E-state index is 9.15. The molecule has 0 fully saturated rings. The number of rotatable bonds is 0. The van der Waals surface area contributed by atoms with Crippen LogP contribution >= 0.6 is 8.10 Å². The van der Waals surface area contributed by atoms with Crippen molar-refractivity contribution in [2.24, 2.45) is 11.0 Å². The van der Waals surface area contributed by atoms with E-state index in [1.807, 2.05) is 6.07 Å². The molecule has 0 radical (unpaired) electrons. The topological polar surface area (TPSA) is 89.3 Å². The van der Waals surface area contributed by atoms with Crippen LogP contribution in [0.3, 0.4) is 0 Å². The van der Waals surface area contributed by atoms with Crippen LogP contribution in [0.2, 0.25) is 0 Å². The minimum atomic E-state index is -1.87. The third-order valence-electron chi connectivity index (χ3n) is 0.756. The highest BCUT2D eigenvalue weighted by atomic mass is 31.1. The fraction of sp³-hybridized carbons (Fsp3) is 0. The van der Waals surface area contributed by atoms with Gasteiger partial charge in [-0.3, -0.25) is 0 Å². The molecule has 0 aromatic heterocycles. The van der Waals surface area contributed by atoms with Gasteiger partial charge in [0.1, 0.15) is 5.75 Å². The molecule has 0 aliphatic heterocycles. The molecule has 0 aliphatic rings. The predicted molar refractivity (Wildman–Crippen MR) is 44.1 cm³/mol. The first-order chi connectivity index (χ1) is 5.13. The summed E-state index contributed by atoms with van der Waals surface area (Å²) < 4.78 is 9.15. The summed E-state index contributed by atoms with van der Waals surface area (Å²) in [4.78, 5) is 0. The van der Waals surface area contributed by atoms with Gasteiger partial charge in [0, 0.05) is 0 Å². The molecule has 0 saturated carbocycles. The van der Waals surface area contributed by atoms with E-state index in [2.05, 4.69) is 11.0 Å². The molecule has 1 aromatic carbocycles. The zero-order chi connectivity index (χ0) is 8.69. The van der Waals surface area contributed by atoms with Crippen molar-refractivity contribution in [2.75, 3.05) is 0 Å². The Labute approximate surface area is 65.7 Å². The predicted octanol–water partition coefficient (Wildman–Crippen LogP) is 0.953. The van der Waals surface area contributed by atoms with E-state index in [0.29, 0.717) is 5.75 Å². The fourth-order valence-electron chi connectivity index (χ4n) is 0.428. The van der Waals surface area contributed by atoms with Crippen LogP contribution in [-0.2, 0) is 4.57 Å². The summed E-state index contributed by atoms with van der Waals surface area (Å²) in [5.74, 6) is 0.322. The van der Waals surface area contributed by atoms with Crippen LogP contribution in [0.15, 0.2) is 30.3 Å². The quantitative estimate of drug-likeness (QED) is 0.509. The van der Waals surface area contributed by atoms with Gasteiger partial charge in [-0.1, -0.05) is 18.2 Å². The summed E-state index contributed by atoms with van der Waals surface area (Å²) in [6.45, 7) is 0. The van der Waals surface area contributed by atoms with E-state index in [4.69, 9.17) is 9.67 Å². The molecule has 5 heteroatoms. The van der Waals surface area contributed by atoms with Gasteiger partial charge >= 0.3 is 8.10 Å². The SMILES string of the molecule is N[P+](N)=O.Oc1ccccc1. The molecule has 1 rings (SSSR count). The van der Waals surface area contributed by atoms with Crippen LogP contribution in [-0.4, -0.2) is 5.11 Å². The number of aromatic hydroxyl groups is 1. The second kappa shape index (κ2) is 5.80. The summed E-state index contributed by atoms with van der Waals surface area (Å²) in [6.07, 6.45) is 0. The van der Waals surface area contributed by atoms with Crippen molar-refractivity contribution in [3.8, 4) is 5.75 Å². The second-order valence-corrected chi connectivity index (χ2v) is 2.42. The Morgan fingerprint density at radius 1 is 1.18 bits per heavy atom. The first kappa shape index (κ1) is 10.0. The zero-order valence-electron chi connectivity index (χ0n) is 5.84. The molecule has 11 heavy (non-hydrogen) atoms. The number of hydrogen-bond donors (Lipinski definition) is 3. The van der Waals surface area contributed by atoms with Gasteiger partial charge < -0.3 is 5.11 Å². The lowest BCUT2D eigenvalue weighted by Crippen LogP contribution is -1.84. The molecule has 0 bridgehead atoms. The van der Waals surface area contributed by atoms with Gasteiger partial charge in [0.25, 0.3) is 0 Å². The van der Waals surface area contributed by atoms with E-state index in [0.717, 1.165) is 0 Å². The third-order valence-corrected chi connectivity index (χ3v) is 0.756. The van der Waals surface area contributed by atoms with E-state index in [1.54, 1.807) is 24.3 Å². The molecule has 0 aliphatic carbocycles. The first-order valence-corrected chi connectivity index (χ1v) is 4.23. The average molecular weight is 173 g/mol. The second-order valence-electron chi connectivity index (χ2n) is 1.70. The maximum Gasteiger partial charge on any atom is 0.526 e. The van der Waals surface area contributed by atoms with Crippen molar-refractivity contribution in [2.45, 2.75) is 0 Å². The van der Waals surface area contributed by atoms with Gasteiger partial charge in [0.15, 0.2) is 0 Å². The highest BCUT2D eigenvalue weighted by Crippen LogP contribution is 2.02. The third kappa shape index (κ3) is 9.04. The number of nitrogens with two attached hydrogens (primary N) is 2. The molecular weight excluding hydrogens is 163 g/mol. The van der Waals surface area contributed by atoms with Crippen LogP contribution in [0.4, 0.5) is 0 Å². The highest BCUT2D eigenvalue weighted by molar-refractivity contribution is 7.39. The van der Waals surface area contributed by atoms with Crippen LogP contribution < -0.4 is 11.0 Å². The number of phenols is 1. The Bertz CT molecular complexity index is 211. The normalized spacial score (nSPS) is 7.82. The van der Waals surface area contributed by atoms with Crippen molar-refractivity contribution < 1.29 is 9.67 Å². The van der Waals surface area contributed by atoms with Crippen LogP contribution in [0.1, 0.15) is 0 Å². The van der Waals surface area contributed by atoms with E-state index in [-0.39, 0.29) is 0 Å². The van der Waals surface area contributed by atoms with E-state index >= 15 is 0 Å². The lowest BCUT2D eigenvalue weighted by atomic mass is 10.3. The molecular formula is C6H10N2O2P+. The van der Waals surface area contributed by atoms with Crippen LogP contribution in [0.25, 0.3) is 0 Å². The standard InChI is InChI=1S/C6H6O.H4N2OP/c7-6-4-2-1-3-5-6;1-4(2)3/h1-5,7H;(H4,1,2,3)/q;+1. The number of hydrogen-bond acceptors (Lipinski definition) is 2. The van der Waals surface area contributed by atoms with Gasteiger partial charge in [0.2, 0.25) is 0 Å². The number of benzene rings is 1. The molecule has 5 N–H and O–H groups in total. The largest absolute Gasteiger partial charge is 0.526 e. The summed E-state index contributed by atoms with van der Waals surface area (Å²) in [5.41, 5.74) is 8.80. The smallest absolute Gasteiger partial charge is 0.508 e. The molecule has 1 aromatic rings. The minimum absolute atomic E-state index is 0.322. The maximum atomic E-state index is 9.15. The van der Waals surface area contributed by atoms with E-state index in [1.165, 1.54) is 0 Å². The molecule has 0 heterocycles. The first-order valence-electron chi connectivity index (χ1n) is 2.83. The lowest BCUT2D eigenvalue weighted by Gasteiger charge is -1.82. The van der Waals surface area contributed by atoms with Crippen molar-refractivity contribution in [1.82, 2.24) is 0 Å². The van der Waals surface area contributed by atoms with Gasteiger partial charge in [-0.15, -0.1) is 11.0 Å². The lowest BCUT2D eigenvalue weighted by molar-refractivity contribution is 0.475. The Morgan fingerprint density at radius 3 is 1.73 bits per heavy atom. The fourth-order valence-corrected chi connectivity index (χ4v) is 0.428. The van der Waals surface area contributed by atoms with Gasteiger partial charge in [0.05, 0.1) is 0 Å². The molecule has 0 unspecified atom stereocenters. The Balaban J connectivity index is 0.000000218. The van der Waals surface area contributed by atoms with Crippen molar-refractivity contribution >= 4 is 8.10 Å². The summed E-state index contributed by atoms with van der Waals surface area (Å²) in [6, 6.07) is 8.71. The Hall–Kier alpha value is -0.960. The van der Waals surface area contributed by atoms with Crippen molar-refractivity contribution in [1.29, 1.82) is 0 Å².